The summed E-state index contributed by atoms with van der Waals surface area (Å²) in [6.45, 7) is 0.930. The molecule has 0 unspecified atom stereocenters. The molecular formula is C22H28N2O6S. The minimum Gasteiger partial charge on any atom is -0.496 e. The number of hydrogen-bond acceptors (Lipinski definition) is 6. The van der Waals surface area contributed by atoms with Crippen LogP contribution in [0.2, 0.25) is 0 Å². The summed E-state index contributed by atoms with van der Waals surface area (Å²) in [7, 11) is 0.866. The molecule has 0 radical (unpaired) electrons. The Morgan fingerprint density at radius 3 is 2.26 bits per heavy atom. The monoisotopic (exact) mass is 448 g/mol. The Bertz CT molecular complexity index is 1020. The van der Waals surface area contributed by atoms with E-state index in [1.165, 1.54) is 30.7 Å². The molecule has 0 saturated carbocycles. The molecule has 0 atom stereocenters. The van der Waals surface area contributed by atoms with Gasteiger partial charge in [0.25, 0.3) is 0 Å². The van der Waals surface area contributed by atoms with Gasteiger partial charge in [-0.15, -0.1) is 0 Å². The number of para-hydroxylation sites is 1. The maximum absolute atomic E-state index is 13.0. The molecule has 168 valence electrons. The largest absolute Gasteiger partial charge is 0.496 e. The second kappa shape index (κ2) is 10.0. The number of sulfonamides is 1. The van der Waals surface area contributed by atoms with Crippen LogP contribution in [0.15, 0.2) is 47.4 Å². The van der Waals surface area contributed by atoms with Gasteiger partial charge in [-0.05, 0) is 31.0 Å². The fraction of sp³-hybridized carbons (Fsp3) is 0.409. The van der Waals surface area contributed by atoms with Gasteiger partial charge in [-0.25, -0.2) is 8.42 Å². The summed E-state index contributed by atoms with van der Waals surface area (Å²) in [5.41, 5.74) is 0.895. The quantitative estimate of drug-likeness (QED) is 0.667. The molecular weight excluding hydrogens is 420 g/mol. The summed E-state index contributed by atoms with van der Waals surface area (Å²) < 4.78 is 43.2. The first-order valence-corrected chi connectivity index (χ1v) is 11.5. The number of rotatable bonds is 8. The maximum Gasteiger partial charge on any atom is 0.243 e. The topological polar surface area (TPSA) is 94.2 Å². The minimum absolute atomic E-state index is 0.0749. The lowest BCUT2D eigenvalue weighted by atomic mass is 9.97. The van der Waals surface area contributed by atoms with Crippen molar-refractivity contribution in [1.29, 1.82) is 0 Å². The number of hydrogen-bond donors (Lipinski definition) is 1. The molecule has 2 aromatic carbocycles. The Morgan fingerprint density at radius 1 is 0.968 bits per heavy atom. The Hall–Kier alpha value is -2.78. The van der Waals surface area contributed by atoms with E-state index < -0.39 is 10.0 Å². The number of nitrogens with one attached hydrogen (secondary N) is 1. The highest BCUT2D eigenvalue weighted by Crippen LogP contribution is 2.32. The number of piperidine rings is 1. The van der Waals surface area contributed by atoms with E-state index >= 15 is 0 Å². The van der Waals surface area contributed by atoms with Crippen LogP contribution < -0.4 is 19.5 Å². The zero-order valence-electron chi connectivity index (χ0n) is 18.0. The van der Waals surface area contributed by atoms with Crippen molar-refractivity contribution >= 4 is 15.9 Å². The van der Waals surface area contributed by atoms with E-state index in [2.05, 4.69) is 5.32 Å². The summed E-state index contributed by atoms with van der Waals surface area (Å²) in [5, 5.41) is 2.94. The molecule has 1 heterocycles. The molecule has 31 heavy (non-hydrogen) atoms. The van der Waals surface area contributed by atoms with Crippen LogP contribution in [0.3, 0.4) is 0 Å². The number of carbonyl (C=O) groups is 1. The van der Waals surface area contributed by atoms with Gasteiger partial charge < -0.3 is 19.5 Å². The third-order valence-corrected chi connectivity index (χ3v) is 7.36. The van der Waals surface area contributed by atoms with Crippen molar-refractivity contribution in [2.45, 2.75) is 24.3 Å². The zero-order valence-corrected chi connectivity index (χ0v) is 18.8. The fourth-order valence-electron chi connectivity index (χ4n) is 3.66. The lowest BCUT2D eigenvalue weighted by molar-refractivity contribution is -0.126. The highest BCUT2D eigenvalue weighted by atomic mass is 32.2. The van der Waals surface area contributed by atoms with E-state index in [0.29, 0.717) is 30.9 Å². The van der Waals surface area contributed by atoms with Crippen molar-refractivity contribution in [2.75, 3.05) is 34.4 Å². The van der Waals surface area contributed by atoms with E-state index in [4.69, 9.17) is 14.2 Å². The lowest BCUT2D eigenvalue weighted by Crippen LogP contribution is -2.42. The second-order valence-corrected chi connectivity index (χ2v) is 9.16. The molecule has 1 fully saturated rings. The normalized spacial score (nSPS) is 15.3. The number of methoxy groups -OCH3 is 3. The van der Waals surface area contributed by atoms with Gasteiger partial charge in [0.2, 0.25) is 15.9 Å². The summed E-state index contributed by atoms with van der Waals surface area (Å²) >= 11 is 0. The smallest absolute Gasteiger partial charge is 0.243 e. The summed E-state index contributed by atoms with van der Waals surface area (Å²) in [6.07, 6.45) is 0.925. The molecule has 1 N–H and O–H groups in total. The third-order valence-electron chi connectivity index (χ3n) is 5.46. The minimum atomic E-state index is -3.68. The Labute approximate surface area is 183 Å². The first-order chi connectivity index (χ1) is 14.9. The molecule has 0 spiro atoms. The average Bonchev–Trinajstić information content (AvgIpc) is 2.82. The summed E-state index contributed by atoms with van der Waals surface area (Å²) in [4.78, 5) is 12.7. The van der Waals surface area contributed by atoms with Crippen LogP contribution in [-0.4, -0.2) is 53.0 Å². The van der Waals surface area contributed by atoms with E-state index in [0.717, 1.165) is 11.3 Å². The van der Waals surface area contributed by atoms with Gasteiger partial charge in [0.05, 0.1) is 26.2 Å². The number of benzene rings is 2. The highest BCUT2D eigenvalue weighted by molar-refractivity contribution is 7.89. The van der Waals surface area contributed by atoms with Crippen molar-refractivity contribution in [3.63, 3.8) is 0 Å². The standard InChI is InChI=1S/C22H28N2O6S/c1-28-19-7-5-4-6-17(19)15-23-22(25)16-10-12-24(13-11-16)31(26,27)18-8-9-20(29-2)21(14-18)30-3/h4-9,14,16H,10-13,15H2,1-3H3,(H,23,25). The van der Waals surface area contributed by atoms with Gasteiger partial charge in [-0.2, -0.15) is 4.31 Å². The first-order valence-electron chi connectivity index (χ1n) is 10.0. The Kier molecular flexibility index (Phi) is 7.40. The SMILES string of the molecule is COc1ccccc1CNC(=O)C1CCN(S(=O)(=O)c2ccc(OC)c(OC)c2)CC1. The van der Waals surface area contributed by atoms with Crippen LogP contribution >= 0.6 is 0 Å². The number of carbonyl (C=O) groups excluding carboxylic acids is 1. The molecule has 1 saturated heterocycles. The van der Waals surface area contributed by atoms with Crippen LogP contribution in [0.4, 0.5) is 0 Å². The first kappa shape index (κ1) is 22.9. The maximum atomic E-state index is 13.0. The zero-order chi connectivity index (χ0) is 22.4. The predicted molar refractivity (Wildman–Crippen MR) is 116 cm³/mol. The van der Waals surface area contributed by atoms with Gasteiger partial charge in [0, 0.05) is 37.2 Å². The van der Waals surface area contributed by atoms with Crippen LogP contribution in [-0.2, 0) is 21.4 Å². The molecule has 1 aliphatic rings. The van der Waals surface area contributed by atoms with Gasteiger partial charge in [-0.3, -0.25) is 4.79 Å². The van der Waals surface area contributed by atoms with E-state index in [-0.39, 0.29) is 29.8 Å². The Morgan fingerprint density at radius 2 is 1.61 bits per heavy atom. The molecule has 0 aliphatic carbocycles. The second-order valence-electron chi connectivity index (χ2n) is 7.22. The molecule has 0 aromatic heterocycles. The van der Waals surface area contributed by atoms with Crippen LogP contribution in [0.25, 0.3) is 0 Å². The molecule has 8 nitrogen and oxygen atoms in total. The lowest BCUT2D eigenvalue weighted by Gasteiger charge is -2.30. The molecule has 9 heteroatoms. The number of amides is 1. The van der Waals surface area contributed by atoms with E-state index in [9.17, 15) is 13.2 Å². The van der Waals surface area contributed by atoms with Crippen LogP contribution in [0.5, 0.6) is 17.2 Å². The van der Waals surface area contributed by atoms with Gasteiger partial charge >= 0.3 is 0 Å². The molecule has 2 aromatic rings. The third kappa shape index (κ3) is 5.11. The summed E-state index contributed by atoms with van der Waals surface area (Å²) in [5.74, 6) is 1.24. The molecule has 1 aliphatic heterocycles. The van der Waals surface area contributed by atoms with E-state index in [1.807, 2.05) is 24.3 Å². The predicted octanol–water partition coefficient (Wildman–Crippen LogP) is 2.43. The van der Waals surface area contributed by atoms with Gasteiger partial charge in [-0.1, -0.05) is 18.2 Å². The number of nitrogens with zero attached hydrogens (tertiary/aromatic N) is 1. The van der Waals surface area contributed by atoms with Crippen molar-refractivity contribution in [2.24, 2.45) is 5.92 Å². The van der Waals surface area contributed by atoms with Gasteiger partial charge in [0.1, 0.15) is 5.75 Å². The fourth-order valence-corrected chi connectivity index (χ4v) is 5.15. The number of ether oxygens (including phenoxy) is 3. The van der Waals surface area contributed by atoms with Crippen molar-refractivity contribution < 1.29 is 27.4 Å². The van der Waals surface area contributed by atoms with Crippen molar-refractivity contribution in [3.8, 4) is 17.2 Å². The molecule has 0 bridgehead atoms. The van der Waals surface area contributed by atoms with Gasteiger partial charge in [0.15, 0.2) is 11.5 Å². The molecule has 1 amide bonds. The van der Waals surface area contributed by atoms with E-state index in [1.54, 1.807) is 13.2 Å². The Balaban J connectivity index is 1.60. The van der Waals surface area contributed by atoms with Crippen LogP contribution in [0.1, 0.15) is 18.4 Å². The highest BCUT2D eigenvalue weighted by Gasteiger charge is 2.32. The average molecular weight is 449 g/mol. The van der Waals surface area contributed by atoms with Crippen molar-refractivity contribution in [1.82, 2.24) is 9.62 Å². The molecule has 3 rings (SSSR count). The van der Waals surface area contributed by atoms with Crippen molar-refractivity contribution in [3.05, 3.63) is 48.0 Å². The van der Waals surface area contributed by atoms with Crippen LogP contribution in [0, 0.1) is 5.92 Å². The summed E-state index contributed by atoms with van der Waals surface area (Å²) in [6, 6.07) is 12.0.